The van der Waals surface area contributed by atoms with Gasteiger partial charge in [0.1, 0.15) is 5.82 Å². The van der Waals surface area contributed by atoms with E-state index in [0.717, 1.165) is 13.0 Å². The van der Waals surface area contributed by atoms with E-state index >= 15 is 0 Å². The monoisotopic (exact) mass is 221 g/mol. The molecule has 86 valence electrons. The van der Waals surface area contributed by atoms with Crippen molar-refractivity contribution >= 4 is 11.7 Å². The second-order valence-corrected chi connectivity index (χ2v) is 3.91. The summed E-state index contributed by atoms with van der Waals surface area (Å²) < 4.78 is 5.25. The number of amides is 1. The molecule has 1 aromatic rings. The molecule has 0 bridgehead atoms. The van der Waals surface area contributed by atoms with E-state index in [0.29, 0.717) is 18.0 Å². The quantitative estimate of drug-likeness (QED) is 0.790. The molecule has 0 aliphatic carbocycles. The Balaban J connectivity index is 2.08. The molecule has 2 rings (SSSR count). The molecule has 1 atom stereocenters. The summed E-state index contributed by atoms with van der Waals surface area (Å²) in [7, 11) is 1.79. The fraction of sp³-hybridized carbons (Fsp3) is 0.455. The van der Waals surface area contributed by atoms with Crippen molar-refractivity contribution in [1.29, 1.82) is 0 Å². The van der Waals surface area contributed by atoms with Crippen LogP contribution in [-0.2, 0) is 4.74 Å². The first-order valence-corrected chi connectivity index (χ1v) is 5.25. The third-order valence-electron chi connectivity index (χ3n) is 2.81. The molecule has 5 nitrogen and oxygen atoms in total. The average molecular weight is 221 g/mol. The molecule has 2 N–H and O–H groups in total. The lowest BCUT2D eigenvalue weighted by atomic mass is 10.2. The molecule has 1 aliphatic rings. The molecule has 0 aromatic carbocycles. The highest BCUT2D eigenvalue weighted by Crippen LogP contribution is 2.14. The van der Waals surface area contributed by atoms with E-state index in [9.17, 15) is 4.79 Å². The summed E-state index contributed by atoms with van der Waals surface area (Å²) in [5.74, 6) is 0.381. The number of nitrogens with two attached hydrogens (primary N) is 1. The molecule has 1 aromatic heterocycles. The number of pyridine rings is 1. The van der Waals surface area contributed by atoms with Gasteiger partial charge in [0.05, 0.1) is 18.2 Å². The van der Waals surface area contributed by atoms with Crippen LogP contribution >= 0.6 is 0 Å². The van der Waals surface area contributed by atoms with Gasteiger partial charge in [0.25, 0.3) is 5.91 Å². The Kier molecular flexibility index (Phi) is 3.05. The fourth-order valence-electron chi connectivity index (χ4n) is 1.73. The van der Waals surface area contributed by atoms with Gasteiger partial charge >= 0.3 is 0 Å². The van der Waals surface area contributed by atoms with Gasteiger partial charge in [0, 0.05) is 19.9 Å². The maximum Gasteiger partial charge on any atom is 0.255 e. The van der Waals surface area contributed by atoms with E-state index in [4.69, 9.17) is 10.5 Å². The molecular formula is C11H15N3O2. The van der Waals surface area contributed by atoms with E-state index < -0.39 is 0 Å². The van der Waals surface area contributed by atoms with Crippen molar-refractivity contribution in [3.8, 4) is 0 Å². The predicted octanol–water partition coefficient (Wildman–Crippen LogP) is 0.525. The number of hydrogen-bond donors (Lipinski definition) is 1. The molecule has 5 heteroatoms. The molecule has 2 heterocycles. The van der Waals surface area contributed by atoms with Gasteiger partial charge in [-0.2, -0.15) is 0 Å². The van der Waals surface area contributed by atoms with E-state index in [1.807, 2.05) is 0 Å². The van der Waals surface area contributed by atoms with Crippen molar-refractivity contribution in [2.45, 2.75) is 12.5 Å². The topological polar surface area (TPSA) is 68.5 Å². The standard InChI is InChI=1S/C11H15N3O2/c1-14(9-4-5-16-7-9)11(15)8-2-3-10(12)13-6-8/h2-3,6,9H,4-5,7H2,1H3,(H2,12,13). The molecule has 0 saturated carbocycles. The van der Waals surface area contributed by atoms with E-state index in [2.05, 4.69) is 4.98 Å². The minimum atomic E-state index is -0.0389. The van der Waals surface area contributed by atoms with Crippen LogP contribution in [0.5, 0.6) is 0 Å². The first-order valence-electron chi connectivity index (χ1n) is 5.25. The van der Waals surface area contributed by atoms with Crippen LogP contribution < -0.4 is 5.73 Å². The number of rotatable bonds is 2. The number of nitrogens with zero attached hydrogens (tertiary/aromatic N) is 2. The zero-order valence-corrected chi connectivity index (χ0v) is 9.22. The Morgan fingerprint density at radius 1 is 1.62 bits per heavy atom. The van der Waals surface area contributed by atoms with Crippen LogP contribution in [0.2, 0.25) is 0 Å². The first-order chi connectivity index (χ1) is 7.68. The number of carbonyl (C=O) groups excluding carboxylic acids is 1. The van der Waals surface area contributed by atoms with Crippen molar-refractivity contribution in [1.82, 2.24) is 9.88 Å². The number of carbonyl (C=O) groups is 1. The van der Waals surface area contributed by atoms with Gasteiger partial charge in [-0.25, -0.2) is 4.98 Å². The molecular weight excluding hydrogens is 206 g/mol. The van der Waals surface area contributed by atoms with Crippen molar-refractivity contribution < 1.29 is 9.53 Å². The first kappa shape index (κ1) is 10.9. The van der Waals surface area contributed by atoms with Gasteiger partial charge in [0.2, 0.25) is 0 Å². The summed E-state index contributed by atoms with van der Waals surface area (Å²) in [5.41, 5.74) is 6.03. The smallest absolute Gasteiger partial charge is 0.255 e. The Morgan fingerprint density at radius 3 is 3.00 bits per heavy atom. The van der Waals surface area contributed by atoms with Crippen molar-refractivity contribution in [2.75, 3.05) is 26.0 Å². The Hall–Kier alpha value is -1.62. The summed E-state index contributed by atoms with van der Waals surface area (Å²) in [6.07, 6.45) is 2.40. The van der Waals surface area contributed by atoms with Crippen molar-refractivity contribution in [3.63, 3.8) is 0 Å². The lowest BCUT2D eigenvalue weighted by Gasteiger charge is -2.22. The highest BCUT2D eigenvalue weighted by atomic mass is 16.5. The summed E-state index contributed by atoms with van der Waals surface area (Å²) >= 11 is 0. The third kappa shape index (κ3) is 2.14. The SMILES string of the molecule is CN(C(=O)c1ccc(N)nc1)C1CCOC1. The molecule has 1 amide bonds. The van der Waals surface area contributed by atoms with Crippen molar-refractivity contribution in [3.05, 3.63) is 23.9 Å². The third-order valence-corrected chi connectivity index (χ3v) is 2.81. The zero-order valence-electron chi connectivity index (χ0n) is 9.22. The van der Waals surface area contributed by atoms with Crippen molar-refractivity contribution in [2.24, 2.45) is 0 Å². The molecule has 1 aliphatic heterocycles. The van der Waals surface area contributed by atoms with Crippen LogP contribution in [0.25, 0.3) is 0 Å². The number of aromatic nitrogens is 1. The van der Waals surface area contributed by atoms with Crippen LogP contribution in [-0.4, -0.2) is 42.1 Å². The molecule has 1 saturated heterocycles. The second kappa shape index (κ2) is 4.49. The van der Waals surface area contributed by atoms with Crippen LogP contribution in [0.1, 0.15) is 16.8 Å². The maximum atomic E-state index is 12.0. The average Bonchev–Trinajstić information content (AvgIpc) is 2.81. The molecule has 1 unspecified atom stereocenters. The highest BCUT2D eigenvalue weighted by Gasteiger charge is 2.24. The minimum absolute atomic E-state index is 0.0389. The number of likely N-dealkylation sites (N-methyl/N-ethyl adjacent to an activating group) is 1. The maximum absolute atomic E-state index is 12.0. The van der Waals surface area contributed by atoms with Gasteiger partial charge in [-0.15, -0.1) is 0 Å². The summed E-state index contributed by atoms with van der Waals surface area (Å²) in [4.78, 5) is 17.6. The fourth-order valence-corrected chi connectivity index (χ4v) is 1.73. The molecule has 1 fully saturated rings. The normalized spacial score (nSPS) is 19.7. The second-order valence-electron chi connectivity index (χ2n) is 3.91. The summed E-state index contributed by atoms with van der Waals surface area (Å²) in [6, 6.07) is 3.49. The van der Waals surface area contributed by atoms with Crippen LogP contribution in [0.3, 0.4) is 0 Å². The number of ether oxygens (including phenoxy) is 1. The summed E-state index contributed by atoms with van der Waals surface area (Å²) in [5, 5.41) is 0. The molecule has 0 radical (unpaired) electrons. The lowest BCUT2D eigenvalue weighted by Crippen LogP contribution is -2.37. The van der Waals surface area contributed by atoms with Gasteiger partial charge in [-0.3, -0.25) is 4.79 Å². The highest BCUT2D eigenvalue weighted by molar-refractivity contribution is 5.94. The van der Waals surface area contributed by atoms with E-state index in [1.165, 1.54) is 6.20 Å². The van der Waals surface area contributed by atoms with Gasteiger partial charge in [0.15, 0.2) is 0 Å². The zero-order chi connectivity index (χ0) is 11.5. The van der Waals surface area contributed by atoms with Crippen LogP contribution in [0.4, 0.5) is 5.82 Å². The minimum Gasteiger partial charge on any atom is -0.384 e. The lowest BCUT2D eigenvalue weighted by molar-refractivity contribution is 0.0711. The Morgan fingerprint density at radius 2 is 2.44 bits per heavy atom. The molecule has 0 spiro atoms. The number of nitrogen functional groups attached to an aromatic ring is 1. The number of anilines is 1. The predicted molar refractivity (Wildman–Crippen MR) is 60.0 cm³/mol. The van der Waals surface area contributed by atoms with Gasteiger partial charge < -0.3 is 15.4 Å². The summed E-state index contributed by atoms with van der Waals surface area (Å²) in [6.45, 7) is 1.34. The van der Waals surface area contributed by atoms with Gasteiger partial charge in [-0.1, -0.05) is 0 Å². The number of hydrogen-bond acceptors (Lipinski definition) is 4. The van der Waals surface area contributed by atoms with Crippen LogP contribution in [0.15, 0.2) is 18.3 Å². The molecule has 16 heavy (non-hydrogen) atoms. The largest absolute Gasteiger partial charge is 0.384 e. The van der Waals surface area contributed by atoms with Crippen LogP contribution in [0, 0.1) is 0 Å². The van der Waals surface area contributed by atoms with E-state index in [1.54, 1.807) is 24.1 Å². The van der Waals surface area contributed by atoms with E-state index in [-0.39, 0.29) is 11.9 Å². The van der Waals surface area contributed by atoms with Gasteiger partial charge in [-0.05, 0) is 18.6 Å². The Labute approximate surface area is 94.2 Å². The Bertz CT molecular complexity index is 371.